The minimum Gasteiger partial charge on any atom is -0.497 e. The molecule has 1 amide bonds. The number of hydrogen-bond acceptors (Lipinski definition) is 5. The van der Waals surface area contributed by atoms with Gasteiger partial charge in [0.25, 0.3) is 5.91 Å². The zero-order valence-corrected chi connectivity index (χ0v) is 26.0. The minimum atomic E-state index is -3.51. The van der Waals surface area contributed by atoms with Gasteiger partial charge in [-0.05, 0) is 98.4 Å². The molecule has 1 N–H and O–H groups in total. The molecule has 1 unspecified atom stereocenters. The Morgan fingerprint density at radius 2 is 1.67 bits per heavy atom. The van der Waals surface area contributed by atoms with Gasteiger partial charge in [0, 0.05) is 36.5 Å². The molecule has 3 aromatic rings. The van der Waals surface area contributed by atoms with Gasteiger partial charge in [0.2, 0.25) is 10.0 Å². The molecular weight excluding hydrogens is 546 g/mol. The molecule has 2 heterocycles. The summed E-state index contributed by atoms with van der Waals surface area (Å²) in [5.74, 6) is 0.948. The first-order valence-corrected chi connectivity index (χ1v) is 16.5. The fourth-order valence-corrected chi connectivity index (χ4v) is 8.36. The van der Waals surface area contributed by atoms with Crippen LogP contribution in [0.3, 0.4) is 0 Å². The van der Waals surface area contributed by atoms with Crippen LogP contribution in [0.2, 0.25) is 0 Å². The number of rotatable bonds is 10. The van der Waals surface area contributed by atoms with Crippen LogP contribution in [0.4, 0.5) is 0 Å². The lowest BCUT2D eigenvalue weighted by Crippen LogP contribution is -2.53. The molecule has 0 aliphatic carbocycles. The molecular formula is C34H43N3O4S. The third-order valence-electron chi connectivity index (χ3n) is 9.30. The molecule has 42 heavy (non-hydrogen) atoms. The molecule has 1 fully saturated rings. The summed E-state index contributed by atoms with van der Waals surface area (Å²) in [6.07, 6.45) is 2.91. The number of sulfonamides is 1. The Hall–Kier alpha value is -3.20. The molecule has 224 valence electrons. The molecule has 1 spiro atoms. The lowest BCUT2D eigenvalue weighted by Gasteiger charge is -2.46. The summed E-state index contributed by atoms with van der Waals surface area (Å²) in [6.45, 7) is 10.3. The monoisotopic (exact) mass is 589 g/mol. The highest BCUT2D eigenvalue weighted by molar-refractivity contribution is 7.89. The Kier molecular flexibility index (Phi) is 9.06. The van der Waals surface area contributed by atoms with E-state index in [4.69, 9.17) is 4.74 Å². The number of ether oxygens (including phenoxy) is 1. The van der Waals surface area contributed by atoms with Crippen LogP contribution in [0.25, 0.3) is 0 Å². The number of amides is 1. The maximum atomic E-state index is 13.1. The van der Waals surface area contributed by atoms with E-state index in [0.29, 0.717) is 24.5 Å². The summed E-state index contributed by atoms with van der Waals surface area (Å²) in [4.78, 5) is 15.5. The molecule has 0 aromatic heterocycles. The van der Waals surface area contributed by atoms with Crippen LogP contribution in [0, 0.1) is 6.92 Å². The lowest BCUT2D eigenvalue weighted by atomic mass is 9.67. The molecule has 1 saturated heterocycles. The summed E-state index contributed by atoms with van der Waals surface area (Å²) < 4.78 is 33.2. The second kappa shape index (κ2) is 12.6. The van der Waals surface area contributed by atoms with Crippen molar-refractivity contribution in [3.05, 3.63) is 94.5 Å². The fraction of sp³-hybridized carbons (Fsp3) is 0.441. The van der Waals surface area contributed by atoms with E-state index in [0.717, 1.165) is 61.3 Å². The Bertz CT molecular complexity index is 1510. The molecule has 2 aliphatic rings. The smallest absolute Gasteiger partial charge is 0.251 e. The van der Waals surface area contributed by atoms with Gasteiger partial charge in [-0.1, -0.05) is 50.2 Å². The molecule has 7 nitrogen and oxygen atoms in total. The Morgan fingerprint density at radius 3 is 2.33 bits per heavy atom. The number of likely N-dealkylation sites (tertiary alicyclic amines) is 1. The zero-order valence-electron chi connectivity index (χ0n) is 25.2. The van der Waals surface area contributed by atoms with E-state index in [1.54, 1.807) is 19.2 Å². The van der Waals surface area contributed by atoms with Crippen molar-refractivity contribution in [1.29, 1.82) is 0 Å². The predicted octanol–water partition coefficient (Wildman–Crippen LogP) is 5.33. The number of benzene rings is 3. The number of carbonyl (C=O) groups excluding carboxylic acids is 1. The SMILES string of the molecule is CCN(CC)S(=O)(=O)c1ccc(C(CCN2CCC3(CC2)CNC(=O)c2cccc(C)c23)c2cccc(OC)c2)cc1. The van der Waals surface area contributed by atoms with Crippen LogP contribution < -0.4 is 10.1 Å². The third kappa shape index (κ3) is 5.85. The normalized spacial score (nSPS) is 17.6. The number of piperidine rings is 1. The highest BCUT2D eigenvalue weighted by Crippen LogP contribution is 2.41. The summed E-state index contributed by atoms with van der Waals surface area (Å²) >= 11 is 0. The van der Waals surface area contributed by atoms with Gasteiger partial charge in [0.05, 0.1) is 12.0 Å². The number of aryl methyl sites for hydroxylation is 1. The van der Waals surface area contributed by atoms with Crippen LogP contribution in [-0.2, 0) is 15.4 Å². The van der Waals surface area contributed by atoms with Crippen molar-refractivity contribution in [2.75, 3.05) is 46.4 Å². The first-order valence-electron chi connectivity index (χ1n) is 15.1. The van der Waals surface area contributed by atoms with Gasteiger partial charge >= 0.3 is 0 Å². The van der Waals surface area contributed by atoms with Crippen molar-refractivity contribution < 1.29 is 17.9 Å². The van der Waals surface area contributed by atoms with Gasteiger partial charge in [-0.2, -0.15) is 4.31 Å². The van der Waals surface area contributed by atoms with Crippen LogP contribution in [0.5, 0.6) is 5.75 Å². The Labute approximate surface area is 250 Å². The van der Waals surface area contributed by atoms with Crippen LogP contribution in [-0.4, -0.2) is 69.9 Å². The van der Waals surface area contributed by atoms with Crippen molar-refractivity contribution in [3.8, 4) is 5.75 Å². The third-order valence-corrected chi connectivity index (χ3v) is 11.4. The van der Waals surface area contributed by atoms with Gasteiger partial charge < -0.3 is 15.0 Å². The second-order valence-corrected chi connectivity index (χ2v) is 13.5. The van der Waals surface area contributed by atoms with E-state index in [9.17, 15) is 13.2 Å². The zero-order chi connectivity index (χ0) is 29.9. The van der Waals surface area contributed by atoms with Crippen LogP contribution in [0.1, 0.15) is 71.6 Å². The molecule has 2 aliphatic heterocycles. The molecule has 0 bridgehead atoms. The summed E-state index contributed by atoms with van der Waals surface area (Å²) in [5, 5.41) is 3.16. The maximum absolute atomic E-state index is 13.1. The van der Waals surface area contributed by atoms with Crippen LogP contribution in [0.15, 0.2) is 71.6 Å². The lowest BCUT2D eigenvalue weighted by molar-refractivity contribution is 0.0883. The van der Waals surface area contributed by atoms with E-state index >= 15 is 0 Å². The highest BCUT2D eigenvalue weighted by Gasteiger charge is 2.42. The number of nitrogens with zero attached hydrogens (tertiary/aromatic N) is 2. The van der Waals surface area contributed by atoms with Crippen LogP contribution >= 0.6 is 0 Å². The number of nitrogens with one attached hydrogen (secondary N) is 1. The van der Waals surface area contributed by atoms with Gasteiger partial charge in [0.15, 0.2) is 0 Å². The molecule has 0 saturated carbocycles. The van der Waals surface area contributed by atoms with Gasteiger partial charge in [-0.3, -0.25) is 4.79 Å². The van der Waals surface area contributed by atoms with Crippen molar-refractivity contribution in [2.45, 2.75) is 56.3 Å². The number of methoxy groups -OCH3 is 1. The second-order valence-electron chi connectivity index (χ2n) is 11.6. The van der Waals surface area contributed by atoms with Gasteiger partial charge in [0.1, 0.15) is 5.75 Å². The van der Waals surface area contributed by atoms with E-state index in [2.05, 4.69) is 35.3 Å². The first kappa shape index (κ1) is 30.3. The largest absolute Gasteiger partial charge is 0.497 e. The quantitative estimate of drug-likeness (QED) is 0.346. The maximum Gasteiger partial charge on any atom is 0.251 e. The van der Waals surface area contributed by atoms with Crippen molar-refractivity contribution >= 4 is 15.9 Å². The Morgan fingerprint density at radius 1 is 0.976 bits per heavy atom. The van der Waals surface area contributed by atoms with Crippen molar-refractivity contribution in [3.63, 3.8) is 0 Å². The average Bonchev–Trinajstić information content (AvgIpc) is 3.01. The number of hydrogen-bond donors (Lipinski definition) is 1. The summed E-state index contributed by atoms with van der Waals surface area (Å²) in [5.41, 5.74) is 5.52. The molecule has 8 heteroatoms. The number of carbonyl (C=O) groups is 1. The molecule has 1 atom stereocenters. The first-order chi connectivity index (χ1) is 20.2. The predicted molar refractivity (Wildman–Crippen MR) is 167 cm³/mol. The van der Waals surface area contributed by atoms with E-state index in [1.807, 2.05) is 50.2 Å². The summed E-state index contributed by atoms with van der Waals surface area (Å²) in [6, 6.07) is 21.7. The average molecular weight is 590 g/mol. The fourth-order valence-electron chi connectivity index (χ4n) is 6.91. The van der Waals surface area contributed by atoms with E-state index < -0.39 is 10.0 Å². The summed E-state index contributed by atoms with van der Waals surface area (Å²) in [7, 11) is -1.83. The standard InChI is InChI=1S/C34H43N3O4S/c1-5-37(6-2)42(39,40)29-15-13-26(14-16-29)30(27-10-8-11-28(23-27)41-4)17-20-36-21-18-34(19-22-36)24-35-33(38)31-12-7-9-25(3)32(31)34/h7-16,23,30H,5-6,17-22,24H2,1-4H3,(H,35,38). The topological polar surface area (TPSA) is 79.0 Å². The van der Waals surface area contributed by atoms with Crippen molar-refractivity contribution in [2.24, 2.45) is 0 Å². The number of fused-ring (bicyclic) bond motifs is 2. The Balaban J connectivity index is 1.34. The molecule has 0 radical (unpaired) electrons. The van der Waals surface area contributed by atoms with Crippen molar-refractivity contribution in [1.82, 2.24) is 14.5 Å². The van der Waals surface area contributed by atoms with E-state index in [-0.39, 0.29) is 17.2 Å². The minimum absolute atomic E-state index is 0.0104. The van der Waals surface area contributed by atoms with Gasteiger partial charge in [-0.15, -0.1) is 0 Å². The van der Waals surface area contributed by atoms with E-state index in [1.165, 1.54) is 15.4 Å². The molecule has 5 rings (SSSR count). The van der Waals surface area contributed by atoms with Gasteiger partial charge in [-0.25, -0.2) is 8.42 Å². The highest BCUT2D eigenvalue weighted by atomic mass is 32.2. The molecule has 3 aromatic carbocycles.